The summed E-state index contributed by atoms with van der Waals surface area (Å²) in [7, 11) is 1.62. The van der Waals surface area contributed by atoms with Crippen LogP contribution in [0.25, 0.3) is 0 Å². The Hall–Kier alpha value is -0.760. The highest BCUT2D eigenvalue weighted by Crippen LogP contribution is 1.89. The van der Waals surface area contributed by atoms with Crippen molar-refractivity contribution in [3.8, 4) is 12.3 Å². The summed E-state index contributed by atoms with van der Waals surface area (Å²) < 4.78 is 0. The lowest BCUT2D eigenvalue weighted by Crippen LogP contribution is -2.38. The molecule has 12 heavy (non-hydrogen) atoms. The molecule has 1 amide bonds. The highest BCUT2D eigenvalue weighted by Gasteiger charge is 2.08. The molecule has 0 saturated heterocycles. The molecular weight excluding hydrogens is 178 g/mol. The highest BCUT2D eigenvalue weighted by molar-refractivity contribution is 5.85. The van der Waals surface area contributed by atoms with E-state index >= 15 is 0 Å². The fourth-order valence-electron chi connectivity index (χ4n) is 0.583. The zero-order valence-corrected chi connectivity index (χ0v) is 7.80. The van der Waals surface area contributed by atoms with Gasteiger partial charge in [0, 0.05) is 7.05 Å². The van der Waals surface area contributed by atoms with Crippen LogP contribution >= 0.6 is 12.4 Å². The van der Waals surface area contributed by atoms with Crippen molar-refractivity contribution < 1.29 is 4.79 Å². The molecule has 4 N–H and O–H groups in total. The van der Waals surface area contributed by atoms with E-state index in [1.807, 2.05) is 0 Å². The van der Waals surface area contributed by atoms with Crippen LogP contribution in [0.4, 0.5) is 0 Å². The van der Waals surface area contributed by atoms with Crippen molar-refractivity contribution in [1.29, 1.82) is 0 Å². The fraction of sp³-hybridized carbons (Fsp3) is 0.571. The number of amides is 1. The van der Waals surface area contributed by atoms with Gasteiger partial charge in [0.15, 0.2) is 0 Å². The lowest BCUT2D eigenvalue weighted by Gasteiger charge is -2.14. The summed E-state index contributed by atoms with van der Waals surface area (Å²) in [6.07, 6.45) is 4.53. The Bertz CT molecular complexity index is 176. The van der Waals surface area contributed by atoms with E-state index in [1.54, 1.807) is 7.05 Å². The lowest BCUT2D eigenvalue weighted by molar-refractivity contribution is -0.129. The summed E-state index contributed by atoms with van der Waals surface area (Å²) in [5.41, 5.74) is 10.4. The Kier molecular flexibility index (Phi) is 7.96. The molecule has 0 aliphatic carbocycles. The third kappa shape index (κ3) is 5.98. The van der Waals surface area contributed by atoms with Gasteiger partial charge in [-0.3, -0.25) is 4.79 Å². The van der Waals surface area contributed by atoms with Crippen LogP contribution in [0.1, 0.15) is 6.42 Å². The minimum Gasteiger partial charge on any atom is -0.335 e. The SMILES string of the molecule is C#CCN(C)C(=O)CC(N)N.Cl. The number of hydrogen-bond donors (Lipinski definition) is 2. The quantitative estimate of drug-likeness (QED) is 0.450. The highest BCUT2D eigenvalue weighted by atomic mass is 35.5. The number of hydrogen-bond acceptors (Lipinski definition) is 3. The van der Waals surface area contributed by atoms with E-state index in [0.717, 1.165) is 0 Å². The predicted molar refractivity (Wildman–Crippen MR) is 50.5 cm³/mol. The summed E-state index contributed by atoms with van der Waals surface area (Å²) in [4.78, 5) is 12.4. The minimum atomic E-state index is -0.595. The monoisotopic (exact) mass is 191 g/mol. The first kappa shape index (κ1) is 13.8. The Morgan fingerprint density at radius 2 is 2.17 bits per heavy atom. The maximum atomic E-state index is 11.0. The number of halogens is 1. The van der Waals surface area contributed by atoms with E-state index in [9.17, 15) is 4.79 Å². The third-order valence-electron chi connectivity index (χ3n) is 1.16. The Morgan fingerprint density at radius 3 is 2.50 bits per heavy atom. The molecule has 0 aromatic rings. The van der Waals surface area contributed by atoms with E-state index < -0.39 is 6.17 Å². The van der Waals surface area contributed by atoms with Crippen LogP contribution in [0.3, 0.4) is 0 Å². The molecule has 0 unspecified atom stereocenters. The Balaban J connectivity index is 0. The molecule has 0 saturated carbocycles. The molecule has 0 aromatic carbocycles. The molecule has 0 spiro atoms. The largest absolute Gasteiger partial charge is 0.335 e. The van der Waals surface area contributed by atoms with Crippen molar-refractivity contribution in [1.82, 2.24) is 4.90 Å². The van der Waals surface area contributed by atoms with E-state index in [1.165, 1.54) is 4.90 Å². The van der Waals surface area contributed by atoms with Gasteiger partial charge in [-0.1, -0.05) is 5.92 Å². The van der Waals surface area contributed by atoms with Gasteiger partial charge in [-0.15, -0.1) is 18.8 Å². The first-order valence-corrected chi connectivity index (χ1v) is 3.26. The van der Waals surface area contributed by atoms with E-state index in [2.05, 4.69) is 5.92 Å². The van der Waals surface area contributed by atoms with E-state index in [-0.39, 0.29) is 24.7 Å². The van der Waals surface area contributed by atoms with Gasteiger partial charge in [0.25, 0.3) is 0 Å². The normalized spacial score (nSPS) is 8.58. The fourth-order valence-corrected chi connectivity index (χ4v) is 0.583. The number of carbonyl (C=O) groups excluding carboxylic acids is 1. The molecule has 0 bridgehead atoms. The molecule has 0 aliphatic heterocycles. The van der Waals surface area contributed by atoms with Gasteiger partial charge in [-0.2, -0.15) is 0 Å². The summed E-state index contributed by atoms with van der Waals surface area (Å²) >= 11 is 0. The average molecular weight is 192 g/mol. The van der Waals surface area contributed by atoms with Gasteiger partial charge >= 0.3 is 0 Å². The van der Waals surface area contributed by atoms with Crippen LogP contribution in [0.15, 0.2) is 0 Å². The van der Waals surface area contributed by atoms with Crippen molar-refractivity contribution in [3.05, 3.63) is 0 Å². The zero-order valence-electron chi connectivity index (χ0n) is 6.99. The summed E-state index contributed by atoms with van der Waals surface area (Å²) in [5.74, 6) is 2.22. The van der Waals surface area contributed by atoms with Gasteiger partial charge in [0.1, 0.15) is 0 Å². The van der Waals surface area contributed by atoms with Gasteiger partial charge in [0.2, 0.25) is 5.91 Å². The standard InChI is InChI=1S/C7H13N3O.ClH/c1-3-4-10(2)7(11)5-6(8)9;/h1,6H,4-5,8-9H2,2H3;1H. The number of terminal acetylenes is 1. The first-order valence-electron chi connectivity index (χ1n) is 3.26. The molecule has 70 valence electrons. The smallest absolute Gasteiger partial charge is 0.226 e. The number of carbonyl (C=O) groups is 1. The van der Waals surface area contributed by atoms with E-state index in [0.29, 0.717) is 6.54 Å². The van der Waals surface area contributed by atoms with Gasteiger partial charge in [-0.25, -0.2) is 0 Å². The second-order valence-electron chi connectivity index (χ2n) is 2.32. The van der Waals surface area contributed by atoms with Crippen molar-refractivity contribution in [2.75, 3.05) is 13.6 Å². The zero-order chi connectivity index (χ0) is 8.85. The van der Waals surface area contributed by atoms with Crippen molar-refractivity contribution in [2.45, 2.75) is 12.6 Å². The molecule has 0 heterocycles. The van der Waals surface area contributed by atoms with Crippen LogP contribution < -0.4 is 11.5 Å². The maximum absolute atomic E-state index is 11.0. The second kappa shape index (κ2) is 6.92. The van der Waals surface area contributed by atoms with Crippen LogP contribution in [0.5, 0.6) is 0 Å². The van der Waals surface area contributed by atoms with Crippen molar-refractivity contribution in [3.63, 3.8) is 0 Å². The van der Waals surface area contributed by atoms with Crippen LogP contribution in [-0.4, -0.2) is 30.6 Å². The molecule has 0 radical (unpaired) electrons. The summed E-state index contributed by atoms with van der Waals surface area (Å²) in [5, 5.41) is 0. The summed E-state index contributed by atoms with van der Waals surface area (Å²) in [6, 6.07) is 0. The molecule has 0 aliphatic rings. The van der Waals surface area contributed by atoms with Gasteiger partial charge in [-0.05, 0) is 0 Å². The van der Waals surface area contributed by atoms with Gasteiger partial charge < -0.3 is 16.4 Å². The van der Waals surface area contributed by atoms with Crippen molar-refractivity contribution >= 4 is 18.3 Å². The van der Waals surface area contributed by atoms with Gasteiger partial charge in [0.05, 0.1) is 19.1 Å². The molecule has 4 nitrogen and oxygen atoms in total. The van der Waals surface area contributed by atoms with Crippen LogP contribution in [0.2, 0.25) is 0 Å². The predicted octanol–water partition coefficient (Wildman–Crippen LogP) is -0.867. The molecule has 0 atom stereocenters. The Morgan fingerprint density at radius 1 is 1.67 bits per heavy atom. The molecular formula is C7H14ClN3O. The maximum Gasteiger partial charge on any atom is 0.226 e. The topological polar surface area (TPSA) is 72.3 Å². The molecule has 0 aromatic heterocycles. The summed E-state index contributed by atoms with van der Waals surface area (Å²) in [6.45, 7) is 0.297. The van der Waals surface area contributed by atoms with Crippen molar-refractivity contribution in [2.24, 2.45) is 11.5 Å². The molecule has 5 heteroatoms. The number of nitrogens with two attached hydrogens (primary N) is 2. The first-order chi connectivity index (χ1) is 5.07. The number of nitrogens with zero attached hydrogens (tertiary/aromatic N) is 1. The third-order valence-corrected chi connectivity index (χ3v) is 1.16. The lowest BCUT2D eigenvalue weighted by atomic mass is 10.3. The van der Waals surface area contributed by atoms with E-state index in [4.69, 9.17) is 17.9 Å². The van der Waals surface area contributed by atoms with Crippen LogP contribution in [0, 0.1) is 12.3 Å². The average Bonchev–Trinajstić information content (AvgIpc) is 1.86. The second-order valence-corrected chi connectivity index (χ2v) is 2.32. The molecule has 0 rings (SSSR count). The minimum absolute atomic E-state index is 0. The number of rotatable bonds is 3. The van der Waals surface area contributed by atoms with Crippen LogP contribution in [-0.2, 0) is 4.79 Å². The Labute approximate surface area is 78.7 Å². The molecule has 0 fully saturated rings.